The molecule has 1 N–H and O–H groups in total. The minimum Gasteiger partial charge on any atom is -0.469 e. The number of furan rings is 1. The van der Waals surface area contributed by atoms with E-state index < -0.39 is 6.10 Å². The Morgan fingerprint density at radius 2 is 1.88 bits per heavy atom. The predicted molar refractivity (Wildman–Crippen MR) is 58.6 cm³/mol. The van der Waals surface area contributed by atoms with Crippen molar-refractivity contribution in [3.63, 3.8) is 0 Å². The van der Waals surface area contributed by atoms with E-state index in [0.717, 1.165) is 11.3 Å². The van der Waals surface area contributed by atoms with Gasteiger partial charge in [-0.05, 0) is 43.2 Å². The summed E-state index contributed by atoms with van der Waals surface area (Å²) in [5, 5.41) is 10.0. The molecule has 16 heavy (non-hydrogen) atoms. The Kier molecular flexibility index (Phi) is 2.79. The van der Waals surface area contributed by atoms with Crippen LogP contribution in [0.1, 0.15) is 28.6 Å². The molecule has 0 fully saturated rings. The van der Waals surface area contributed by atoms with E-state index in [0.29, 0.717) is 11.1 Å². The second-order valence-corrected chi connectivity index (χ2v) is 3.96. The molecule has 1 unspecified atom stereocenters. The Bertz CT molecular complexity index is 482. The summed E-state index contributed by atoms with van der Waals surface area (Å²) in [6, 6.07) is 6.26. The van der Waals surface area contributed by atoms with Crippen molar-refractivity contribution in [2.45, 2.75) is 20.0 Å². The molecule has 1 aromatic heterocycles. The number of aliphatic hydroxyl groups is 1. The molecule has 0 aliphatic rings. The number of aliphatic hydroxyl groups excluding tert-OH is 1. The molecular weight excluding hydrogens is 207 g/mol. The van der Waals surface area contributed by atoms with Gasteiger partial charge in [-0.2, -0.15) is 0 Å². The highest BCUT2D eigenvalue weighted by atomic mass is 19.1. The summed E-state index contributed by atoms with van der Waals surface area (Å²) in [5.41, 5.74) is 1.97. The lowest BCUT2D eigenvalue weighted by molar-refractivity contribution is 0.218. The van der Waals surface area contributed by atoms with E-state index in [1.54, 1.807) is 26.0 Å². The topological polar surface area (TPSA) is 33.4 Å². The Morgan fingerprint density at radius 1 is 1.12 bits per heavy atom. The standard InChI is InChI=1S/C13H13FO2/c1-8-3-10(6-12(14)4-8)13(15)11-5-9(2)16-7-11/h3-7,13,15H,1-2H3. The van der Waals surface area contributed by atoms with Crippen LogP contribution in [0.2, 0.25) is 0 Å². The van der Waals surface area contributed by atoms with Crippen molar-refractivity contribution in [1.82, 2.24) is 0 Å². The first-order chi connectivity index (χ1) is 7.56. The third-order valence-electron chi connectivity index (χ3n) is 2.45. The minimum atomic E-state index is -0.841. The lowest BCUT2D eigenvalue weighted by Gasteiger charge is -2.09. The lowest BCUT2D eigenvalue weighted by atomic mass is 10.0. The van der Waals surface area contributed by atoms with Crippen LogP contribution in [0.5, 0.6) is 0 Å². The largest absolute Gasteiger partial charge is 0.469 e. The molecule has 0 radical (unpaired) electrons. The van der Waals surface area contributed by atoms with Gasteiger partial charge >= 0.3 is 0 Å². The van der Waals surface area contributed by atoms with Crippen LogP contribution in [0, 0.1) is 19.7 Å². The second kappa shape index (κ2) is 4.10. The Morgan fingerprint density at radius 3 is 2.44 bits per heavy atom. The van der Waals surface area contributed by atoms with Crippen LogP contribution in [0.15, 0.2) is 34.9 Å². The van der Waals surface area contributed by atoms with Gasteiger partial charge in [-0.1, -0.05) is 6.07 Å². The molecule has 0 aliphatic heterocycles. The lowest BCUT2D eigenvalue weighted by Crippen LogP contribution is -1.99. The van der Waals surface area contributed by atoms with E-state index in [9.17, 15) is 9.50 Å². The van der Waals surface area contributed by atoms with E-state index in [4.69, 9.17) is 4.42 Å². The van der Waals surface area contributed by atoms with Crippen molar-refractivity contribution in [2.24, 2.45) is 0 Å². The molecular formula is C13H13FO2. The smallest absolute Gasteiger partial charge is 0.123 e. The zero-order valence-corrected chi connectivity index (χ0v) is 9.20. The highest BCUT2D eigenvalue weighted by Crippen LogP contribution is 2.25. The molecule has 0 spiro atoms. The van der Waals surface area contributed by atoms with Crippen LogP contribution in [0.4, 0.5) is 4.39 Å². The van der Waals surface area contributed by atoms with Crippen LogP contribution in [0.25, 0.3) is 0 Å². The van der Waals surface area contributed by atoms with Crippen LogP contribution >= 0.6 is 0 Å². The molecule has 0 amide bonds. The van der Waals surface area contributed by atoms with Gasteiger partial charge in [0.15, 0.2) is 0 Å². The summed E-state index contributed by atoms with van der Waals surface area (Å²) in [5.74, 6) is 0.386. The molecule has 1 aromatic carbocycles. The summed E-state index contributed by atoms with van der Waals surface area (Å²) in [6.45, 7) is 3.59. The molecule has 2 aromatic rings. The van der Waals surface area contributed by atoms with Crippen molar-refractivity contribution in [3.05, 3.63) is 58.8 Å². The summed E-state index contributed by atoms with van der Waals surface area (Å²) in [4.78, 5) is 0. The molecule has 3 heteroatoms. The Hall–Kier alpha value is -1.61. The van der Waals surface area contributed by atoms with Crippen molar-refractivity contribution in [2.75, 3.05) is 0 Å². The van der Waals surface area contributed by atoms with E-state index in [1.807, 2.05) is 0 Å². The highest BCUT2D eigenvalue weighted by Gasteiger charge is 2.13. The molecule has 2 rings (SSSR count). The van der Waals surface area contributed by atoms with E-state index >= 15 is 0 Å². The summed E-state index contributed by atoms with van der Waals surface area (Å²) >= 11 is 0. The molecule has 0 bridgehead atoms. The normalized spacial score (nSPS) is 12.8. The van der Waals surface area contributed by atoms with E-state index in [1.165, 1.54) is 18.4 Å². The van der Waals surface area contributed by atoms with Crippen molar-refractivity contribution in [3.8, 4) is 0 Å². The maximum atomic E-state index is 13.2. The van der Waals surface area contributed by atoms with Gasteiger partial charge in [0.1, 0.15) is 17.7 Å². The zero-order chi connectivity index (χ0) is 11.7. The maximum Gasteiger partial charge on any atom is 0.123 e. The van der Waals surface area contributed by atoms with Crippen LogP contribution in [-0.2, 0) is 0 Å². The molecule has 0 saturated heterocycles. The van der Waals surface area contributed by atoms with Crippen molar-refractivity contribution < 1.29 is 13.9 Å². The van der Waals surface area contributed by atoms with Gasteiger partial charge in [0, 0.05) is 5.56 Å². The monoisotopic (exact) mass is 220 g/mol. The fourth-order valence-corrected chi connectivity index (χ4v) is 1.72. The first-order valence-corrected chi connectivity index (χ1v) is 5.06. The number of halogens is 1. The van der Waals surface area contributed by atoms with Gasteiger partial charge in [0.05, 0.1) is 6.26 Å². The highest BCUT2D eigenvalue weighted by molar-refractivity contribution is 5.32. The van der Waals surface area contributed by atoms with Crippen molar-refractivity contribution >= 4 is 0 Å². The quantitative estimate of drug-likeness (QED) is 0.843. The summed E-state index contributed by atoms with van der Waals surface area (Å²) in [7, 11) is 0. The second-order valence-electron chi connectivity index (χ2n) is 3.96. The first kappa shape index (κ1) is 10.9. The molecule has 2 nitrogen and oxygen atoms in total. The molecule has 1 atom stereocenters. The van der Waals surface area contributed by atoms with Crippen LogP contribution in [-0.4, -0.2) is 5.11 Å². The third-order valence-corrected chi connectivity index (χ3v) is 2.45. The van der Waals surface area contributed by atoms with E-state index in [-0.39, 0.29) is 5.82 Å². The minimum absolute atomic E-state index is 0.339. The van der Waals surface area contributed by atoms with Gasteiger partial charge in [-0.15, -0.1) is 0 Å². The van der Waals surface area contributed by atoms with Gasteiger partial charge in [0.25, 0.3) is 0 Å². The van der Waals surface area contributed by atoms with Crippen LogP contribution in [0.3, 0.4) is 0 Å². The predicted octanol–water partition coefficient (Wildman–Crippen LogP) is 3.12. The molecule has 0 saturated carbocycles. The SMILES string of the molecule is Cc1cc(F)cc(C(O)c2coc(C)c2)c1. The fourth-order valence-electron chi connectivity index (χ4n) is 1.72. The van der Waals surface area contributed by atoms with Crippen molar-refractivity contribution in [1.29, 1.82) is 0 Å². The average molecular weight is 220 g/mol. The Labute approximate surface area is 93.3 Å². The summed E-state index contributed by atoms with van der Waals surface area (Å²) in [6.07, 6.45) is 0.645. The average Bonchev–Trinajstić information content (AvgIpc) is 2.62. The van der Waals surface area contributed by atoms with Gasteiger partial charge in [0.2, 0.25) is 0 Å². The fraction of sp³-hybridized carbons (Fsp3) is 0.231. The van der Waals surface area contributed by atoms with Gasteiger partial charge in [-0.25, -0.2) is 4.39 Å². The first-order valence-electron chi connectivity index (χ1n) is 5.06. The van der Waals surface area contributed by atoms with Gasteiger partial charge in [-0.3, -0.25) is 0 Å². The number of hydrogen-bond acceptors (Lipinski definition) is 2. The molecule has 1 heterocycles. The number of hydrogen-bond donors (Lipinski definition) is 1. The number of benzene rings is 1. The summed E-state index contributed by atoms with van der Waals surface area (Å²) < 4.78 is 18.3. The Balaban J connectivity index is 2.37. The van der Waals surface area contributed by atoms with Gasteiger partial charge < -0.3 is 9.52 Å². The molecule has 84 valence electrons. The third kappa shape index (κ3) is 2.14. The number of aryl methyl sites for hydroxylation is 2. The number of rotatable bonds is 2. The van der Waals surface area contributed by atoms with Crippen LogP contribution < -0.4 is 0 Å². The van der Waals surface area contributed by atoms with E-state index in [2.05, 4.69) is 0 Å². The molecule has 0 aliphatic carbocycles. The maximum absolute atomic E-state index is 13.2. The zero-order valence-electron chi connectivity index (χ0n) is 9.20.